The highest BCUT2D eigenvalue weighted by Crippen LogP contribution is 2.39. The Morgan fingerprint density at radius 2 is 1.72 bits per heavy atom. The number of nitrogens with zero attached hydrogens (tertiary/aromatic N) is 1. The van der Waals surface area contributed by atoms with Gasteiger partial charge in [0.2, 0.25) is 12.7 Å². The summed E-state index contributed by atoms with van der Waals surface area (Å²) < 4.78 is 16.4. The average Bonchev–Trinajstić information content (AvgIpc) is 3.60. The van der Waals surface area contributed by atoms with Gasteiger partial charge in [-0.25, -0.2) is 0 Å². The third kappa shape index (κ3) is 3.93. The van der Waals surface area contributed by atoms with Gasteiger partial charge in [0.25, 0.3) is 5.91 Å². The number of rotatable bonds is 6. The van der Waals surface area contributed by atoms with Crippen molar-refractivity contribution in [1.82, 2.24) is 5.32 Å². The fourth-order valence-corrected chi connectivity index (χ4v) is 4.34. The molecule has 7 heteroatoms. The Bertz CT molecular complexity index is 1090. The molecule has 1 aliphatic heterocycles. The van der Waals surface area contributed by atoms with Crippen LogP contribution in [0.5, 0.6) is 11.5 Å². The first-order chi connectivity index (χ1) is 15.7. The Morgan fingerprint density at radius 3 is 2.47 bits per heavy atom. The first-order valence-corrected chi connectivity index (χ1v) is 10.8. The van der Waals surface area contributed by atoms with Gasteiger partial charge in [0, 0.05) is 17.8 Å². The molecule has 0 radical (unpaired) electrons. The van der Waals surface area contributed by atoms with E-state index in [0.717, 1.165) is 25.7 Å². The minimum absolute atomic E-state index is 0.117. The molecule has 1 N–H and O–H groups in total. The fraction of sp³-hybridized carbons (Fsp3) is 0.280. The first-order valence-electron chi connectivity index (χ1n) is 10.8. The lowest BCUT2D eigenvalue weighted by atomic mass is 10.0. The molecule has 0 bridgehead atoms. The molecule has 1 aliphatic carbocycles. The van der Waals surface area contributed by atoms with Crippen LogP contribution in [0.4, 0.5) is 5.69 Å². The topological polar surface area (TPSA) is 81.0 Å². The summed E-state index contributed by atoms with van der Waals surface area (Å²) in [6, 6.07) is 17.0. The van der Waals surface area contributed by atoms with Crippen LogP contribution in [-0.2, 0) is 4.79 Å². The highest BCUT2D eigenvalue weighted by molar-refractivity contribution is 6.08. The number of amides is 2. The second-order valence-electron chi connectivity index (χ2n) is 7.99. The maximum Gasteiger partial charge on any atom is 0.294 e. The average molecular weight is 432 g/mol. The van der Waals surface area contributed by atoms with Crippen LogP contribution in [0, 0.1) is 0 Å². The molecule has 5 rings (SSSR count). The van der Waals surface area contributed by atoms with Crippen LogP contribution in [0.25, 0.3) is 0 Å². The van der Waals surface area contributed by atoms with Crippen molar-refractivity contribution in [3.63, 3.8) is 0 Å². The number of anilines is 1. The van der Waals surface area contributed by atoms with Crippen molar-refractivity contribution < 1.29 is 23.5 Å². The Hall–Kier alpha value is -3.74. The zero-order chi connectivity index (χ0) is 21.9. The van der Waals surface area contributed by atoms with Crippen molar-refractivity contribution in [2.24, 2.45) is 0 Å². The summed E-state index contributed by atoms with van der Waals surface area (Å²) in [5, 5.41) is 3.16. The minimum Gasteiger partial charge on any atom is -0.459 e. The number of carbonyl (C=O) groups excluding carboxylic acids is 2. The van der Waals surface area contributed by atoms with Crippen molar-refractivity contribution in [2.75, 3.05) is 11.7 Å². The number of hydrogen-bond donors (Lipinski definition) is 1. The standard InChI is InChI=1S/C25H24N2O5/c28-24(26-18-9-4-5-10-18)23(17-7-2-1-3-8-17)27(25(29)21-11-6-14-30-21)19-12-13-20-22(15-19)32-16-31-20/h1-3,6-8,11-15,18,23H,4-5,9-10,16H2,(H,26,28). The van der Waals surface area contributed by atoms with Crippen molar-refractivity contribution in [3.05, 3.63) is 78.3 Å². The van der Waals surface area contributed by atoms with E-state index in [4.69, 9.17) is 13.9 Å². The Labute approximate surface area is 185 Å². The van der Waals surface area contributed by atoms with E-state index in [1.54, 1.807) is 30.3 Å². The molecule has 2 aromatic carbocycles. The van der Waals surface area contributed by atoms with E-state index >= 15 is 0 Å². The molecule has 32 heavy (non-hydrogen) atoms. The summed E-state index contributed by atoms with van der Waals surface area (Å²) in [4.78, 5) is 28.7. The summed E-state index contributed by atoms with van der Waals surface area (Å²) in [5.74, 6) is 0.649. The normalized spacial score (nSPS) is 16.0. The third-order valence-corrected chi connectivity index (χ3v) is 5.91. The van der Waals surface area contributed by atoms with E-state index < -0.39 is 11.9 Å². The molecule has 2 aliphatic rings. The zero-order valence-corrected chi connectivity index (χ0v) is 17.5. The Morgan fingerprint density at radius 1 is 0.938 bits per heavy atom. The van der Waals surface area contributed by atoms with Crippen molar-refractivity contribution in [1.29, 1.82) is 0 Å². The van der Waals surface area contributed by atoms with E-state index in [1.165, 1.54) is 11.2 Å². The molecule has 1 saturated carbocycles. The molecule has 2 heterocycles. The molecule has 164 valence electrons. The van der Waals surface area contributed by atoms with Gasteiger partial charge < -0.3 is 19.2 Å². The summed E-state index contributed by atoms with van der Waals surface area (Å²) in [6.07, 6.45) is 5.53. The number of benzene rings is 2. The molecule has 1 atom stereocenters. The van der Waals surface area contributed by atoms with Crippen LogP contribution >= 0.6 is 0 Å². The van der Waals surface area contributed by atoms with Crippen LogP contribution in [0.1, 0.15) is 47.8 Å². The quantitative estimate of drug-likeness (QED) is 0.622. The van der Waals surface area contributed by atoms with Crippen molar-refractivity contribution in [2.45, 2.75) is 37.8 Å². The molecular weight excluding hydrogens is 408 g/mol. The fourth-order valence-electron chi connectivity index (χ4n) is 4.34. The van der Waals surface area contributed by atoms with Gasteiger partial charge in [-0.05, 0) is 42.7 Å². The molecule has 0 spiro atoms. The van der Waals surface area contributed by atoms with Crippen LogP contribution in [0.3, 0.4) is 0 Å². The highest BCUT2D eigenvalue weighted by Gasteiger charge is 2.36. The van der Waals surface area contributed by atoms with Gasteiger partial charge in [-0.15, -0.1) is 0 Å². The summed E-state index contributed by atoms with van der Waals surface area (Å²) in [5.41, 5.74) is 1.23. The molecule has 1 aromatic heterocycles. The zero-order valence-electron chi connectivity index (χ0n) is 17.5. The molecule has 0 saturated heterocycles. The van der Waals surface area contributed by atoms with Crippen LogP contribution in [0.15, 0.2) is 71.3 Å². The maximum atomic E-state index is 13.6. The smallest absolute Gasteiger partial charge is 0.294 e. The van der Waals surface area contributed by atoms with Gasteiger partial charge in [-0.3, -0.25) is 14.5 Å². The largest absolute Gasteiger partial charge is 0.459 e. The third-order valence-electron chi connectivity index (χ3n) is 5.91. The van der Waals surface area contributed by atoms with Crippen molar-refractivity contribution >= 4 is 17.5 Å². The van der Waals surface area contributed by atoms with Gasteiger partial charge in [0.15, 0.2) is 17.3 Å². The lowest BCUT2D eigenvalue weighted by molar-refractivity contribution is -0.123. The first kappa shape index (κ1) is 20.2. The number of nitrogens with one attached hydrogen (secondary N) is 1. The summed E-state index contributed by atoms with van der Waals surface area (Å²) in [6.45, 7) is 0.120. The van der Waals surface area contributed by atoms with Gasteiger partial charge in [-0.1, -0.05) is 43.2 Å². The van der Waals surface area contributed by atoms with Crippen LogP contribution in [0.2, 0.25) is 0 Å². The number of fused-ring (bicyclic) bond motifs is 1. The second kappa shape index (κ2) is 8.78. The van der Waals surface area contributed by atoms with Crippen molar-refractivity contribution in [3.8, 4) is 11.5 Å². The molecule has 1 unspecified atom stereocenters. The summed E-state index contributed by atoms with van der Waals surface area (Å²) >= 11 is 0. The van der Waals surface area contributed by atoms with Crippen LogP contribution in [-0.4, -0.2) is 24.6 Å². The molecule has 7 nitrogen and oxygen atoms in total. The predicted octanol–water partition coefficient (Wildman–Crippen LogP) is 4.46. The number of furan rings is 1. The molecular formula is C25H24N2O5. The number of hydrogen-bond acceptors (Lipinski definition) is 5. The number of ether oxygens (including phenoxy) is 2. The summed E-state index contributed by atoms with van der Waals surface area (Å²) in [7, 11) is 0. The van der Waals surface area contributed by atoms with Gasteiger partial charge >= 0.3 is 0 Å². The Balaban J connectivity index is 1.59. The molecule has 1 fully saturated rings. The van der Waals surface area contributed by atoms with Gasteiger partial charge in [-0.2, -0.15) is 0 Å². The lowest BCUT2D eigenvalue weighted by Crippen LogP contribution is -2.46. The van der Waals surface area contributed by atoms with E-state index in [1.807, 2.05) is 30.3 Å². The van der Waals surface area contributed by atoms with Crippen LogP contribution < -0.4 is 19.7 Å². The SMILES string of the molecule is O=C(NC1CCCC1)C(c1ccccc1)N(C(=O)c1ccco1)c1ccc2c(c1)OCO2. The van der Waals surface area contributed by atoms with E-state index in [-0.39, 0.29) is 24.5 Å². The van der Waals surface area contributed by atoms with E-state index in [9.17, 15) is 9.59 Å². The minimum atomic E-state index is -0.880. The lowest BCUT2D eigenvalue weighted by Gasteiger charge is -2.32. The van der Waals surface area contributed by atoms with Gasteiger partial charge in [0.05, 0.1) is 6.26 Å². The number of carbonyl (C=O) groups is 2. The monoisotopic (exact) mass is 432 g/mol. The van der Waals surface area contributed by atoms with E-state index in [2.05, 4.69) is 5.32 Å². The Kier molecular flexibility index (Phi) is 5.54. The molecule has 3 aromatic rings. The maximum absolute atomic E-state index is 13.6. The van der Waals surface area contributed by atoms with Gasteiger partial charge in [0.1, 0.15) is 6.04 Å². The second-order valence-corrected chi connectivity index (χ2v) is 7.99. The van der Waals surface area contributed by atoms with E-state index in [0.29, 0.717) is 22.7 Å². The highest BCUT2D eigenvalue weighted by atomic mass is 16.7. The predicted molar refractivity (Wildman–Crippen MR) is 118 cm³/mol. The molecule has 2 amide bonds.